The molecule has 0 atom stereocenters. The zero-order valence-electron chi connectivity index (χ0n) is 5.60. The van der Waals surface area contributed by atoms with E-state index in [1.165, 1.54) is 12.1 Å². The third kappa shape index (κ3) is 1.24. The highest BCUT2D eigenvalue weighted by molar-refractivity contribution is 5.33. The molecule has 0 aliphatic carbocycles. The van der Waals surface area contributed by atoms with Gasteiger partial charge < -0.3 is 4.74 Å². The van der Waals surface area contributed by atoms with Crippen molar-refractivity contribution in [3.8, 4) is 0 Å². The maximum atomic E-state index is 12.8. The Labute approximate surface area is 62.6 Å². The number of hydrogen-bond acceptors (Lipinski definition) is 1. The van der Waals surface area contributed by atoms with Crippen molar-refractivity contribution in [1.82, 2.24) is 0 Å². The summed E-state index contributed by atoms with van der Waals surface area (Å²) in [5.41, 5.74) is 0.367. The monoisotopic (exact) mass is 155 g/mol. The SMILES string of the molecule is Fc1ccc([C]2CO2)c(F)c1. The lowest BCUT2D eigenvalue weighted by atomic mass is 10.1. The molecule has 57 valence electrons. The summed E-state index contributed by atoms with van der Waals surface area (Å²) in [5, 5.41) is 0. The fourth-order valence-corrected chi connectivity index (χ4v) is 0.907. The number of hydrogen-bond donors (Lipinski definition) is 0. The molecule has 1 fully saturated rings. The van der Waals surface area contributed by atoms with Crippen LogP contribution in [0.5, 0.6) is 0 Å². The van der Waals surface area contributed by atoms with Gasteiger partial charge in [-0.1, -0.05) is 6.07 Å². The molecule has 1 nitrogen and oxygen atoms in total. The molecule has 1 heterocycles. The zero-order chi connectivity index (χ0) is 7.84. The standard InChI is InChI=1S/C8H5F2O/c9-5-1-2-6(7(10)3-5)8-4-11-8/h1-3H,4H2. The summed E-state index contributed by atoms with van der Waals surface area (Å²) in [6.45, 7) is 0.461. The highest BCUT2D eigenvalue weighted by Gasteiger charge is 2.29. The van der Waals surface area contributed by atoms with Gasteiger partial charge in [-0.25, -0.2) is 8.78 Å². The van der Waals surface area contributed by atoms with Crippen LogP contribution in [0.25, 0.3) is 0 Å². The number of epoxide rings is 1. The van der Waals surface area contributed by atoms with E-state index in [-0.39, 0.29) is 0 Å². The van der Waals surface area contributed by atoms with Gasteiger partial charge in [0.1, 0.15) is 11.6 Å². The van der Waals surface area contributed by atoms with E-state index >= 15 is 0 Å². The number of halogens is 2. The van der Waals surface area contributed by atoms with Crippen LogP contribution in [0.3, 0.4) is 0 Å². The number of rotatable bonds is 1. The normalized spacial score (nSPS) is 16.9. The van der Waals surface area contributed by atoms with E-state index in [2.05, 4.69) is 0 Å². The molecule has 2 rings (SSSR count). The van der Waals surface area contributed by atoms with Crippen LogP contribution in [0, 0.1) is 17.7 Å². The molecule has 0 unspecified atom stereocenters. The van der Waals surface area contributed by atoms with E-state index < -0.39 is 11.6 Å². The largest absolute Gasteiger partial charge is 0.361 e. The van der Waals surface area contributed by atoms with Crippen molar-refractivity contribution in [1.29, 1.82) is 0 Å². The molecule has 0 amide bonds. The van der Waals surface area contributed by atoms with Crippen molar-refractivity contribution >= 4 is 0 Å². The Hall–Kier alpha value is -0.960. The second kappa shape index (κ2) is 2.27. The molecule has 1 saturated heterocycles. The van der Waals surface area contributed by atoms with Gasteiger partial charge in [-0.2, -0.15) is 0 Å². The molecule has 1 aromatic rings. The Morgan fingerprint density at radius 1 is 1.27 bits per heavy atom. The predicted molar refractivity (Wildman–Crippen MR) is 34.7 cm³/mol. The van der Waals surface area contributed by atoms with E-state index in [1.807, 2.05) is 0 Å². The van der Waals surface area contributed by atoms with E-state index in [1.54, 1.807) is 0 Å². The van der Waals surface area contributed by atoms with Gasteiger partial charge in [-0.05, 0) is 6.07 Å². The van der Waals surface area contributed by atoms with Crippen LogP contribution < -0.4 is 0 Å². The predicted octanol–water partition coefficient (Wildman–Crippen LogP) is 1.88. The maximum Gasteiger partial charge on any atom is 0.155 e. The van der Waals surface area contributed by atoms with Crippen LogP contribution in [-0.2, 0) is 4.74 Å². The van der Waals surface area contributed by atoms with Crippen molar-refractivity contribution in [3.63, 3.8) is 0 Å². The van der Waals surface area contributed by atoms with Gasteiger partial charge in [-0.15, -0.1) is 0 Å². The fourth-order valence-electron chi connectivity index (χ4n) is 0.907. The van der Waals surface area contributed by atoms with Crippen molar-refractivity contribution in [2.75, 3.05) is 6.61 Å². The van der Waals surface area contributed by atoms with Gasteiger partial charge in [0.15, 0.2) is 6.10 Å². The number of benzene rings is 1. The van der Waals surface area contributed by atoms with Crippen LogP contribution in [0.4, 0.5) is 8.78 Å². The molecule has 1 aliphatic heterocycles. The Morgan fingerprint density at radius 3 is 2.55 bits per heavy atom. The van der Waals surface area contributed by atoms with Crippen molar-refractivity contribution in [2.45, 2.75) is 0 Å². The van der Waals surface area contributed by atoms with Gasteiger partial charge in [-0.3, -0.25) is 0 Å². The highest BCUT2D eigenvalue weighted by atomic mass is 19.1. The molecule has 0 saturated carbocycles. The van der Waals surface area contributed by atoms with Gasteiger partial charge in [0.2, 0.25) is 0 Å². The van der Waals surface area contributed by atoms with Crippen LogP contribution >= 0.6 is 0 Å². The molecule has 1 aliphatic rings. The molecular formula is C8H5F2O. The smallest absolute Gasteiger partial charge is 0.155 e. The summed E-state index contributed by atoms with van der Waals surface area (Å²) in [6, 6.07) is 3.45. The van der Waals surface area contributed by atoms with Gasteiger partial charge in [0, 0.05) is 11.6 Å². The zero-order valence-corrected chi connectivity index (χ0v) is 5.60. The Balaban J connectivity index is 2.39. The van der Waals surface area contributed by atoms with Gasteiger partial charge in [0.05, 0.1) is 6.61 Å². The van der Waals surface area contributed by atoms with Crippen molar-refractivity contribution in [2.24, 2.45) is 0 Å². The van der Waals surface area contributed by atoms with Crippen LogP contribution in [0.1, 0.15) is 5.56 Å². The molecule has 0 bridgehead atoms. The van der Waals surface area contributed by atoms with Crippen LogP contribution in [-0.4, -0.2) is 6.61 Å². The quantitative estimate of drug-likeness (QED) is 0.564. The molecule has 11 heavy (non-hydrogen) atoms. The van der Waals surface area contributed by atoms with Gasteiger partial charge in [0.25, 0.3) is 0 Å². The lowest BCUT2D eigenvalue weighted by Gasteiger charge is -1.95. The third-order valence-electron chi connectivity index (χ3n) is 1.52. The van der Waals surface area contributed by atoms with E-state index in [4.69, 9.17) is 4.74 Å². The average molecular weight is 155 g/mol. The molecule has 0 aromatic heterocycles. The summed E-state index contributed by atoms with van der Waals surface area (Å²) in [5.74, 6) is -1.12. The van der Waals surface area contributed by atoms with Gasteiger partial charge >= 0.3 is 0 Å². The topological polar surface area (TPSA) is 12.5 Å². The summed E-state index contributed by atoms with van der Waals surface area (Å²) < 4.78 is 29.9. The minimum atomic E-state index is -0.562. The summed E-state index contributed by atoms with van der Waals surface area (Å²) in [6.07, 6.45) is 0.600. The molecule has 3 heteroatoms. The minimum Gasteiger partial charge on any atom is -0.361 e. The Morgan fingerprint density at radius 2 is 2.00 bits per heavy atom. The first-order valence-electron chi connectivity index (χ1n) is 3.21. The summed E-state index contributed by atoms with van der Waals surface area (Å²) in [4.78, 5) is 0. The lowest BCUT2D eigenvalue weighted by Crippen LogP contribution is -1.89. The van der Waals surface area contributed by atoms with E-state index in [0.717, 1.165) is 6.07 Å². The molecule has 0 N–H and O–H groups in total. The van der Waals surface area contributed by atoms with Crippen LogP contribution in [0.2, 0.25) is 0 Å². The maximum absolute atomic E-state index is 12.8. The molecule has 1 aromatic carbocycles. The molecular weight excluding hydrogens is 150 g/mol. The minimum absolute atomic E-state index is 0.367. The second-order valence-electron chi connectivity index (χ2n) is 2.34. The fraction of sp³-hybridized carbons (Fsp3) is 0.125. The second-order valence-corrected chi connectivity index (χ2v) is 2.34. The number of ether oxygens (including phenoxy) is 1. The summed E-state index contributed by atoms with van der Waals surface area (Å²) >= 11 is 0. The molecule has 1 radical (unpaired) electrons. The third-order valence-corrected chi connectivity index (χ3v) is 1.52. The average Bonchev–Trinajstić information content (AvgIpc) is 2.70. The summed E-state index contributed by atoms with van der Waals surface area (Å²) in [7, 11) is 0. The Bertz CT molecular complexity index is 281. The van der Waals surface area contributed by atoms with E-state index in [9.17, 15) is 8.78 Å². The Kier molecular flexibility index (Phi) is 1.39. The highest BCUT2D eigenvalue weighted by Crippen LogP contribution is 2.30. The first-order chi connectivity index (χ1) is 5.27. The first-order valence-corrected chi connectivity index (χ1v) is 3.21. The lowest BCUT2D eigenvalue weighted by molar-refractivity contribution is 0.474. The van der Waals surface area contributed by atoms with Crippen LogP contribution in [0.15, 0.2) is 18.2 Å². The van der Waals surface area contributed by atoms with Crippen molar-refractivity contribution in [3.05, 3.63) is 41.5 Å². The molecule has 0 spiro atoms. The van der Waals surface area contributed by atoms with E-state index in [0.29, 0.717) is 18.3 Å². The first kappa shape index (κ1) is 6.73. The van der Waals surface area contributed by atoms with Crippen molar-refractivity contribution < 1.29 is 13.5 Å².